The molecule has 5 aromatic rings. The zero-order valence-electron chi connectivity index (χ0n) is 15.8. The van der Waals surface area contributed by atoms with Gasteiger partial charge in [0, 0.05) is 23.5 Å². The summed E-state index contributed by atoms with van der Waals surface area (Å²) in [4.78, 5) is 21.0. The van der Waals surface area contributed by atoms with Crippen LogP contribution >= 0.6 is 0 Å². The monoisotopic (exact) mass is 379 g/mol. The quantitative estimate of drug-likeness (QED) is 0.434. The summed E-state index contributed by atoms with van der Waals surface area (Å²) >= 11 is 0. The first kappa shape index (κ1) is 17.1. The Kier molecular flexibility index (Phi) is 4.02. The number of rotatable bonds is 4. The second-order valence-electron chi connectivity index (χ2n) is 6.69. The van der Waals surface area contributed by atoms with Crippen molar-refractivity contribution in [3.63, 3.8) is 0 Å². The molecule has 0 radical (unpaired) electrons. The van der Waals surface area contributed by atoms with E-state index < -0.39 is 0 Å². The molecule has 6 heteroatoms. The van der Waals surface area contributed by atoms with Crippen LogP contribution in [0.1, 0.15) is 17.3 Å². The Morgan fingerprint density at radius 3 is 2.69 bits per heavy atom. The summed E-state index contributed by atoms with van der Waals surface area (Å²) in [6.45, 7) is 6.02. The van der Waals surface area contributed by atoms with Gasteiger partial charge in [0.2, 0.25) is 5.89 Å². The highest BCUT2D eigenvalue weighted by molar-refractivity contribution is 5.82. The number of benzene rings is 2. The molecule has 3 aromatic heterocycles. The van der Waals surface area contributed by atoms with E-state index in [9.17, 15) is 0 Å². The smallest absolute Gasteiger partial charge is 0.227 e. The first-order chi connectivity index (χ1) is 14.2. The number of hydrogen-bond acceptors (Lipinski definition) is 5. The highest BCUT2D eigenvalue weighted by Crippen LogP contribution is 2.26. The van der Waals surface area contributed by atoms with E-state index in [1.807, 2.05) is 61.5 Å². The van der Waals surface area contributed by atoms with Crippen LogP contribution in [-0.4, -0.2) is 24.9 Å². The number of nitrogens with one attached hydrogen (secondary N) is 1. The number of para-hydroxylation sites is 2. The Hall–Kier alpha value is -4.06. The minimum atomic E-state index is 0.545. The second kappa shape index (κ2) is 6.83. The van der Waals surface area contributed by atoms with Gasteiger partial charge >= 0.3 is 0 Å². The number of H-pyrrole nitrogens is 1. The maximum absolute atomic E-state index is 5.98. The first-order valence-corrected chi connectivity index (χ1v) is 9.18. The van der Waals surface area contributed by atoms with E-state index in [0.717, 1.165) is 44.7 Å². The van der Waals surface area contributed by atoms with Crippen LogP contribution in [0.15, 0.2) is 71.9 Å². The van der Waals surface area contributed by atoms with Crippen molar-refractivity contribution in [2.75, 3.05) is 0 Å². The predicted octanol–water partition coefficient (Wildman–Crippen LogP) is 5.20. The largest absolute Gasteiger partial charge is 0.436 e. The van der Waals surface area contributed by atoms with Crippen LogP contribution in [0, 0.1) is 6.92 Å². The number of nitrogens with zero attached hydrogens (tertiary/aromatic N) is 4. The summed E-state index contributed by atoms with van der Waals surface area (Å²) in [7, 11) is 0. The lowest BCUT2D eigenvalue weighted by molar-refractivity contribution is 0.563. The maximum Gasteiger partial charge on any atom is 0.227 e. The predicted molar refractivity (Wildman–Crippen MR) is 114 cm³/mol. The molecule has 29 heavy (non-hydrogen) atoms. The number of hydrogen-bond donors (Lipinski definition) is 1. The van der Waals surface area contributed by atoms with Gasteiger partial charge in [0.1, 0.15) is 5.82 Å². The SMILES string of the molecule is C=C(/C=C\c1oc(-c2ccc3nccnc3c2)nc1C)c1nc2ccccc2[nH]1. The van der Waals surface area contributed by atoms with E-state index >= 15 is 0 Å². The van der Waals surface area contributed by atoms with Crippen molar-refractivity contribution in [2.24, 2.45) is 0 Å². The molecule has 0 atom stereocenters. The van der Waals surface area contributed by atoms with E-state index in [-0.39, 0.29) is 0 Å². The number of aryl methyl sites for hydroxylation is 1. The molecule has 0 saturated heterocycles. The average molecular weight is 379 g/mol. The Morgan fingerprint density at radius 2 is 1.83 bits per heavy atom. The highest BCUT2D eigenvalue weighted by Gasteiger charge is 2.11. The highest BCUT2D eigenvalue weighted by atomic mass is 16.4. The molecule has 140 valence electrons. The third kappa shape index (κ3) is 3.21. The first-order valence-electron chi connectivity index (χ1n) is 9.18. The van der Waals surface area contributed by atoms with E-state index in [2.05, 4.69) is 31.5 Å². The normalized spacial score (nSPS) is 11.6. The van der Waals surface area contributed by atoms with Crippen LogP contribution in [0.25, 0.3) is 45.2 Å². The number of aromatic amines is 1. The molecule has 0 unspecified atom stereocenters. The molecule has 2 aromatic carbocycles. The van der Waals surface area contributed by atoms with E-state index in [0.29, 0.717) is 11.7 Å². The molecule has 6 nitrogen and oxygen atoms in total. The zero-order chi connectivity index (χ0) is 19.8. The molecule has 0 bridgehead atoms. The van der Waals surface area contributed by atoms with Crippen molar-refractivity contribution < 1.29 is 4.42 Å². The molecule has 0 spiro atoms. The number of aromatic nitrogens is 5. The van der Waals surface area contributed by atoms with Crippen LogP contribution in [-0.2, 0) is 0 Å². The standard InChI is InChI=1S/C23H17N5O/c1-14(22-27-18-5-3-4-6-19(18)28-22)7-10-21-15(2)26-23(29-21)16-8-9-17-20(13-16)25-12-11-24-17/h3-13H,1H2,2H3,(H,27,28)/b10-7-. The molecular formula is C23H17N5O. The zero-order valence-corrected chi connectivity index (χ0v) is 15.8. The molecule has 0 aliphatic rings. The Labute approximate surface area is 166 Å². The Morgan fingerprint density at radius 1 is 1.00 bits per heavy atom. The van der Waals surface area contributed by atoms with Crippen molar-refractivity contribution in [1.29, 1.82) is 0 Å². The van der Waals surface area contributed by atoms with Crippen LogP contribution < -0.4 is 0 Å². The fourth-order valence-corrected chi connectivity index (χ4v) is 3.14. The average Bonchev–Trinajstić information content (AvgIpc) is 3.35. The molecule has 0 fully saturated rings. The van der Waals surface area contributed by atoms with E-state index in [4.69, 9.17) is 4.42 Å². The van der Waals surface area contributed by atoms with Crippen molar-refractivity contribution in [1.82, 2.24) is 24.9 Å². The van der Waals surface area contributed by atoms with Gasteiger partial charge in [-0.1, -0.05) is 18.7 Å². The molecule has 0 aliphatic carbocycles. The lowest BCUT2D eigenvalue weighted by Gasteiger charge is -1.98. The van der Waals surface area contributed by atoms with Crippen LogP contribution in [0.2, 0.25) is 0 Å². The molecular weight excluding hydrogens is 362 g/mol. The van der Waals surface area contributed by atoms with Gasteiger partial charge in [0.05, 0.1) is 27.8 Å². The molecule has 0 saturated carbocycles. The van der Waals surface area contributed by atoms with Crippen molar-refractivity contribution in [3.8, 4) is 11.5 Å². The Bertz CT molecular complexity index is 1360. The van der Waals surface area contributed by atoms with Crippen molar-refractivity contribution >= 4 is 33.7 Å². The fraction of sp³-hybridized carbons (Fsp3) is 0.0435. The lowest BCUT2D eigenvalue weighted by atomic mass is 10.2. The number of allylic oxidation sites excluding steroid dienone is 2. The fourth-order valence-electron chi connectivity index (χ4n) is 3.14. The van der Waals surface area contributed by atoms with Gasteiger partial charge < -0.3 is 9.40 Å². The number of fused-ring (bicyclic) bond motifs is 2. The summed E-state index contributed by atoms with van der Waals surface area (Å²) in [5, 5.41) is 0. The van der Waals surface area contributed by atoms with Gasteiger partial charge in [-0.15, -0.1) is 0 Å². The number of oxazole rings is 1. The molecule has 0 aliphatic heterocycles. The number of imidazole rings is 1. The van der Waals surface area contributed by atoms with Crippen LogP contribution in [0.3, 0.4) is 0 Å². The molecule has 5 rings (SSSR count). The third-order valence-corrected chi connectivity index (χ3v) is 4.68. The van der Waals surface area contributed by atoms with Gasteiger partial charge in [-0.2, -0.15) is 0 Å². The lowest BCUT2D eigenvalue weighted by Crippen LogP contribution is -1.84. The maximum atomic E-state index is 5.98. The summed E-state index contributed by atoms with van der Waals surface area (Å²) in [5.74, 6) is 1.95. The summed E-state index contributed by atoms with van der Waals surface area (Å²) in [5.41, 5.74) is 5.95. The summed E-state index contributed by atoms with van der Waals surface area (Å²) in [6.07, 6.45) is 7.09. The topological polar surface area (TPSA) is 80.5 Å². The third-order valence-electron chi connectivity index (χ3n) is 4.68. The minimum Gasteiger partial charge on any atom is -0.436 e. The van der Waals surface area contributed by atoms with Crippen LogP contribution in [0.4, 0.5) is 0 Å². The molecule has 1 N–H and O–H groups in total. The van der Waals surface area contributed by atoms with Gasteiger partial charge in [0.25, 0.3) is 0 Å². The van der Waals surface area contributed by atoms with E-state index in [1.165, 1.54) is 0 Å². The van der Waals surface area contributed by atoms with Gasteiger partial charge in [0.15, 0.2) is 5.76 Å². The molecule has 0 amide bonds. The van der Waals surface area contributed by atoms with Crippen LogP contribution in [0.5, 0.6) is 0 Å². The Balaban J connectivity index is 1.42. The van der Waals surface area contributed by atoms with Crippen molar-refractivity contribution in [2.45, 2.75) is 6.92 Å². The minimum absolute atomic E-state index is 0.545. The second-order valence-corrected chi connectivity index (χ2v) is 6.69. The van der Waals surface area contributed by atoms with Gasteiger partial charge in [-0.3, -0.25) is 9.97 Å². The van der Waals surface area contributed by atoms with Gasteiger partial charge in [-0.25, -0.2) is 9.97 Å². The van der Waals surface area contributed by atoms with Crippen molar-refractivity contribution in [3.05, 3.63) is 84.8 Å². The summed E-state index contributed by atoms with van der Waals surface area (Å²) in [6, 6.07) is 13.7. The summed E-state index contributed by atoms with van der Waals surface area (Å²) < 4.78 is 5.98. The molecule has 3 heterocycles. The van der Waals surface area contributed by atoms with Gasteiger partial charge in [-0.05, 0) is 49.4 Å². The van der Waals surface area contributed by atoms with E-state index in [1.54, 1.807) is 12.4 Å².